The fourth-order valence-corrected chi connectivity index (χ4v) is 2.98. The molecular formula is C14H19IN2O. The molecule has 18 heavy (non-hydrogen) atoms. The maximum Gasteiger partial charge on any atom is 0.224 e. The fourth-order valence-electron chi connectivity index (χ4n) is 2.33. The van der Waals surface area contributed by atoms with Crippen molar-refractivity contribution < 1.29 is 4.79 Å². The highest BCUT2D eigenvalue weighted by atomic mass is 127. The predicted octanol–water partition coefficient (Wildman–Crippen LogP) is 2.93. The lowest BCUT2D eigenvalue weighted by Crippen LogP contribution is -2.32. The van der Waals surface area contributed by atoms with E-state index in [9.17, 15) is 4.79 Å². The van der Waals surface area contributed by atoms with Crippen LogP contribution in [-0.4, -0.2) is 19.0 Å². The van der Waals surface area contributed by atoms with E-state index in [-0.39, 0.29) is 5.91 Å². The monoisotopic (exact) mass is 358 g/mol. The number of hydrogen-bond acceptors (Lipinski definition) is 2. The second kappa shape index (κ2) is 6.52. The van der Waals surface area contributed by atoms with E-state index in [2.05, 4.69) is 39.3 Å². The van der Waals surface area contributed by atoms with Crippen molar-refractivity contribution >= 4 is 34.2 Å². The maximum atomic E-state index is 12.0. The van der Waals surface area contributed by atoms with Gasteiger partial charge in [0.1, 0.15) is 0 Å². The summed E-state index contributed by atoms with van der Waals surface area (Å²) in [6.45, 7) is 4.09. The van der Waals surface area contributed by atoms with E-state index < -0.39 is 0 Å². The summed E-state index contributed by atoms with van der Waals surface area (Å²) in [6, 6.07) is 6.08. The van der Waals surface area contributed by atoms with Crippen LogP contribution in [0.25, 0.3) is 0 Å². The largest absolute Gasteiger partial charge is 0.326 e. The Kier molecular flexibility index (Phi) is 5.00. The summed E-state index contributed by atoms with van der Waals surface area (Å²) < 4.78 is 1.19. The van der Waals surface area contributed by atoms with Crippen LogP contribution in [0.5, 0.6) is 0 Å². The van der Waals surface area contributed by atoms with Crippen molar-refractivity contribution in [3.05, 3.63) is 27.3 Å². The second-order valence-electron chi connectivity index (χ2n) is 4.92. The van der Waals surface area contributed by atoms with Gasteiger partial charge in [-0.15, -0.1) is 0 Å². The number of halogens is 1. The average Bonchev–Trinajstić information content (AvgIpc) is 2.34. The van der Waals surface area contributed by atoms with Crippen molar-refractivity contribution in [1.29, 1.82) is 0 Å². The first-order valence-corrected chi connectivity index (χ1v) is 7.50. The van der Waals surface area contributed by atoms with Crippen molar-refractivity contribution in [2.75, 3.05) is 18.4 Å². The third-order valence-electron chi connectivity index (χ3n) is 3.34. The zero-order valence-corrected chi connectivity index (χ0v) is 12.8. The molecule has 1 fully saturated rings. The van der Waals surface area contributed by atoms with Crippen LogP contribution in [0.2, 0.25) is 0 Å². The van der Waals surface area contributed by atoms with Crippen LogP contribution in [0, 0.1) is 16.4 Å². The van der Waals surface area contributed by atoms with Gasteiger partial charge in [0.05, 0.1) is 0 Å². The highest BCUT2D eigenvalue weighted by Crippen LogP contribution is 2.19. The Bertz CT molecular complexity index is 428. The molecule has 2 rings (SSSR count). The summed E-state index contributed by atoms with van der Waals surface area (Å²) in [4.78, 5) is 12.0. The van der Waals surface area contributed by atoms with E-state index in [0.717, 1.165) is 30.8 Å². The molecule has 1 aliphatic heterocycles. The van der Waals surface area contributed by atoms with E-state index in [1.165, 1.54) is 9.99 Å². The number of aryl methyl sites for hydroxylation is 1. The molecule has 1 unspecified atom stereocenters. The number of amides is 1. The van der Waals surface area contributed by atoms with Crippen molar-refractivity contribution in [3.8, 4) is 0 Å². The first kappa shape index (κ1) is 13.8. The standard InChI is InChI=1S/C14H19IN2O/c1-10-7-12(15)4-5-13(10)17-14(18)8-11-3-2-6-16-9-11/h4-5,7,11,16H,2-3,6,8-9H2,1H3,(H,17,18). The number of piperidine rings is 1. The van der Waals surface area contributed by atoms with Crippen molar-refractivity contribution in [3.63, 3.8) is 0 Å². The number of benzene rings is 1. The minimum absolute atomic E-state index is 0.132. The first-order chi connectivity index (χ1) is 8.65. The summed E-state index contributed by atoms with van der Waals surface area (Å²) in [5, 5.41) is 6.36. The van der Waals surface area contributed by atoms with Gasteiger partial charge in [-0.3, -0.25) is 4.79 Å². The van der Waals surface area contributed by atoms with E-state index in [4.69, 9.17) is 0 Å². The lowest BCUT2D eigenvalue weighted by atomic mass is 9.96. The molecule has 3 nitrogen and oxygen atoms in total. The Balaban J connectivity index is 1.90. The smallest absolute Gasteiger partial charge is 0.224 e. The van der Waals surface area contributed by atoms with Crippen LogP contribution >= 0.6 is 22.6 Å². The maximum absolute atomic E-state index is 12.0. The third kappa shape index (κ3) is 3.95. The van der Waals surface area contributed by atoms with Gasteiger partial charge < -0.3 is 10.6 Å². The molecule has 0 aromatic heterocycles. The van der Waals surface area contributed by atoms with E-state index in [0.29, 0.717) is 12.3 Å². The molecule has 0 saturated carbocycles. The number of rotatable bonds is 3. The van der Waals surface area contributed by atoms with Crippen molar-refractivity contribution in [2.24, 2.45) is 5.92 Å². The topological polar surface area (TPSA) is 41.1 Å². The molecule has 1 heterocycles. The fraction of sp³-hybridized carbons (Fsp3) is 0.500. The van der Waals surface area contributed by atoms with E-state index in [1.807, 2.05) is 19.1 Å². The quantitative estimate of drug-likeness (QED) is 0.816. The Morgan fingerprint density at radius 1 is 1.56 bits per heavy atom. The summed E-state index contributed by atoms with van der Waals surface area (Å²) in [6.07, 6.45) is 2.96. The van der Waals surface area contributed by atoms with Crippen LogP contribution in [0.3, 0.4) is 0 Å². The molecule has 2 N–H and O–H groups in total. The van der Waals surface area contributed by atoms with Gasteiger partial charge in [0, 0.05) is 15.7 Å². The van der Waals surface area contributed by atoms with Gasteiger partial charge in [-0.25, -0.2) is 0 Å². The number of nitrogens with one attached hydrogen (secondary N) is 2. The van der Waals surface area contributed by atoms with Gasteiger partial charge in [-0.1, -0.05) is 0 Å². The van der Waals surface area contributed by atoms with Crippen LogP contribution in [0.4, 0.5) is 5.69 Å². The summed E-state index contributed by atoms with van der Waals surface area (Å²) in [5.74, 6) is 0.621. The zero-order chi connectivity index (χ0) is 13.0. The number of anilines is 1. The first-order valence-electron chi connectivity index (χ1n) is 6.42. The SMILES string of the molecule is Cc1cc(I)ccc1NC(=O)CC1CCCNC1. The van der Waals surface area contributed by atoms with Crippen LogP contribution < -0.4 is 10.6 Å². The Hall–Kier alpha value is -0.620. The van der Waals surface area contributed by atoms with Crippen LogP contribution in [-0.2, 0) is 4.79 Å². The van der Waals surface area contributed by atoms with Gasteiger partial charge in [0.25, 0.3) is 0 Å². The van der Waals surface area contributed by atoms with Gasteiger partial charge >= 0.3 is 0 Å². The molecule has 1 aromatic rings. The molecule has 1 atom stereocenters. The molecule has 1 aromatic carbocycles. The molecule has 98 valence electrons. The van der Waals surface area contributed by atoms with Gasteiger partial charge in [0.2, 0.25) is 5.91 Å². The molecule has 1 amide bonds. The lowest BCUT2D eigenvalue weighted by Gasteiger charge is -2.22. The predicted molar refractivity (Wildman–Crippen MR) is 82.7 cm³/mol. The van der Waals surface area contributed by atoms with Gasteiger partial charge in [-0.2, -0.15) is 0 Å². The van der Waals surface area contributed by atoms with Crippen LogP contribution in [0.15, 0.2) is 18.2 Å². The Morgan fingerprint density at radius 3 is 3.06 bits per heavy atom. The normalized spacial score (nSPS) is 19.6. The highest BCUT2D eigenvalue weighted by Gasteiger charge is 2.17. The molecule has 0 radical (unpaired) electrons. The number of carbonyl (C=O) groups excluding carboxylic acids is 1. The summed E-state index contributed by atoms with van der Waals surface area (Å²) >= 11 is 2.28. The number of carbonyl (C=O) groups is 1. The third-order valence-corrected chi connectivity index (χ3v) is 4.01. The zero-order valence-electron chi connectivity index (χ0n) is 10.6. The molecule has 1 saturated heterocycles. The summed E-state index contributed by atoms with van der Waals surface area (Å²) in [5.41, 5.74) is 2.06. The van der Waals surface area contributed by atoms with Crippen molar-refractivity contribution in [2.45, 2.75) is 26.2 Å². The molecule has 1 aliphatic rings. The minimum atomic E-state index is 0.132. The molecule has 0 aliphatic carbocycles. The average molecular weight is 358 g/mol. The molecule has 0 bridgehead atoms. The van der Waals surface area contributed by atoms with E-state index in [1.54, 1.807) is 0 Å². The van der Waals surface area contributed by atoms with Gasteiger partial charge in [-0.05, 0) is 85.1 Å². The second-order valence-corrected chi connectivity index (χ2v) is 6.17. The molecular weight excluding hydrogens is 339 g/mol. The number of hydrogen-bond donors (Lipinski definition) is 2. The highest BCUT2D eigenvalue weighted by molar-refractivity contribution is 14.1. The summed E-state index contributed by atoms with van der Waals surface area (Å²) in [7, 11) is 0. The van der Waals surface area contributed by atoms with Crippen LogP contribution in [0.1, 0.15) is 24.8 Å². The van der Waals surface area contributed by atoms with Crippen molar-refractivity contribution in [1.82, 2.24) is 5.32 Å². The molecule has 0 spiro atoms. The van der Waals surface area contributed by atoms with Gasteiger partial charge in [0.15, 0.2) is 0 Å². The lowest BCUT2D eigenvalue weighted by molar-refractivity contribution is -0.117. The Labute approximate surface area is 122 Å². The van der Waals surface area contributed by atoms with E-state index >= 15 is 0 Å². The molecule has 4 heteroatoms. The minimum Gasteiger partial charge on any atom is -0.326 e. The Morgan fingerprint density at radius 2 is 2.39 bits per heavy atom.